The van der Waals surface area contributed by atoms with Crippen LogP contribution in [0.15, 0.2) is 66.9 Å². The van der Waals surface area contributed by atoms with Crippen molar-refractivity contribution < 1.29 is 9.59 Å². The van der Waals surface area contributed by atoms with E-state index in [-0.39, 0.29) is 22.8 Å². The van der Waals surface area contributed by atoms with Gasteiger partial charge in [0.2, 0.25) is 11.8 Å². The van der Waals surface area contributed by atoms with Crippen LogP contribution in [0.4, 0.5) is 5.69 Å². The lowest BCUT2D eigenvalue weighted by Crippen LogP contribution is -2.50. The highest BCUT2D eigenvalue weighted by molar-refractivity contribution is 5.94. The highest BCUT2D eigenvalue weighted by atomic mass is 16.2. The van der Waals surface area contributed by atoms with Gasteiger partial charge in [0.15, 0.2) is 5.65 Å². The molecule has 0 radical (unpaired) electrons. The number of hydrogen-bond acceptors (Lipinski definition) is 4. The minimum Gasteiger partial charge on any atom is -0.347 e. The van der Waals surface area contributed by atoms with E-state index in [0.29, 0.717) is 17.8 Å². The van der Waals surface area contributed by atoms with Gasteiger partial charge < -0.3 is 10.6 Å². The third-order valence-corrected chi connectivity index (χ3v) is 7.28. The van der Waals surface area contributed by atoms with Gasteiger partial charge in [-0.3, -0.25) is 9.59 Å². The van der Waals surface area contributed by atoms with Crippen molar-refractivity contribution in [1.29, 1.82) is 0 Å². The number of carbonyl (C=O) groups is 2. The summed E-state index contributed by atoms with van der Waals surface area (Å²) in [6, 6.07) is 20.1. The third-order valence-electron chi connectivity index (χ3n) is 7.28. The first-order chi connectivity index (χ1) is 18.2. The highest BCUT2D eigenvalue weighted by Gasteiger charge is 2.40. The Hall–Kier alpha value is -4.00. The van der Waals surface area contributed by atoms with Crippen molar-refractivity contribution in [3.05, 3.63) is 72.4 Å². The number of carbonyl (C=O) groups excluding carboxylic acids is 2. The summed E-state index contributed by atoms with van der Waals surface area (Å²) < 4.78 is 1.78. The average Bonchev–Trinajstić information content (AvgIpc) is 3.26. The fourth-order valence-corrected chi connectivity index (χ4v) is 5.07. The Morgan fingerprint density at radius 3 is 2.29 bits per heavy atom. The molecule has 2 heterocycles. The summed E-state index contributed by atoms with van der Waals surface area (Å²) >= 11 is 0. The van der Waals surface area contributed by atoms with Crippen LogP contribution in [0.25, 0.3) is 28.2 Å². The number of rotatable bonds is 7. The van der Waals surface area contributed by atoms with Crippen molar-refractivity contribution in [2.75, 3.05) is 5.32 Å². The van der Waals surface area contributed by atoms with Crippen LogP contribution >= 0.6 is 0 Å². The standard InChI is InChI=1S/C31H35N5O2/c1-21(37)33-25-16-20-32-36-28(23-9-6-5-7-10-23)27(34-29(25)36)22-11-13-24(14-12-22)31(17-8-18-31)35-26(38)15-19-30(2,3)4/h5-7,9-14,16,20H,8,15,17-19H2,1-4H3,(H,33,37)(H,35,38). The molecule has 0 saturated heterocycles. The first-order valence-corrected chi connectivity index (χ1v) is 13.3. The minimum absolute atomic E-state index is 0.118. The molecular weight excluding hydrogens is 474 g/mol. The Labute approximate surface area is 223 Å². The zero-order valence-electron chi connectivity index (χ0n) is 22.5. The Kier molecular flexibility index (Phi) is 6.78. The number of benzene rings is 2. The lowest BCUT2D eigenvalue weighted by molar-refractivity contribution is -0.125. The summed E-state index contributed by atoms with van der Waals surface area (Å²) in [4.78, 5) is 29.6. The lowest BCUT2D eigenvalue weighted by atomic mass is 9.71. The van der Waals surface area contributed by atoms with E-state index in [1.54, 1.807) is 16.8 Å². The van der Waals surface area contributed by atoms with E-state index in [2.05, 4.69) is 60.8 Å². The maximum absolute atomic E-state index is 12.8. The molecule has 4 aromatic rings. The molecule has 0 bridgehead atoms. The molecule has 0 spiro atoms. The number of nitrogens with zero attached hydrogens (tertiary/aromatic N) is 3. The monoisotopic (exact) mass is 509 g/mol. The lowest BCUT2D eigenvalue weighted by Gasteiger charge is -2.43. The Morgan fingerprint density at radius 2 is 1.68 bits per heavy atom. The van der Waals surface area contributed by atoms with Gasteiger partial charge in [0.05, 0.1) is 23.1 Å². The Balaban J connectivity index is 1.51. The van der Waals surface area contributed by atoms with Crippen molar-refractivity contribution >= 4 is 23.1 Å². The normalized spacial score (nSPS) is 14.6. The van der Waals surface area contributed by atoms with Gasteiger partial charge in [-0.25, -0.2) is 9.50 Å². The summed E-state index contributed by atoms with van der Waals surface area (Å²) in [5.74, 6) is -0.0457. The maximum atomic E-state index is 12.8. The Bertz CT molecular complexity index is 1460. The molecule has 7 nitrogen and oxygen atoms in total. The number of nitrogens with one attached hydrogen (secondary N) is 2. The van der Waals surface area contributed by atoms with Gasteiger partial charge in [0.1, 0.15) is 5.69 Å². The van der Waals surface area contributed by atoms with E-state index in [0.717, 1.165) is 53.8 Å². The van der Waals surface area contributed by atoms with Gasteiger partial charge in [0.25, 0.3) is 0 Å². The summed E-state index contributed by atoms with van der Waals surface area (Å²) in [6.45, 7) is 7.97. The Morgan fingerprint density at radius 1 is 0.974 bits per heavy atom. The van der Waals surface area contributed by atoms with Gasteiger partial charge in [-0.15, -0.1) is 0 Å². The van der Waals surface area contributed by atoms with Crippen LogP contribution in [0.3, 0.4) is 0 Å². The second-order valence-corrected chi connectivity index (χ2v) is 11.5. The van der Waals surface area contributed by atoms with Crippen LogP contribution in [-0.2, 0) is 15.1 Å². The summed E-state index contributed by atoms with van der Waals surface area (Å²) in [5, 5.41) is 10.8. The molecule has 1 fully saturated rings. The number of hydrogen-bond donors (Lipinski definition) is 2. The fourth-order valence-electron chi connectivity index (χ4n) is 5.07. The largest absolute Gasteiger partial charge is 0.347 e. The summed E-state index contributed by atoms with van der Waals surface area (Å²) in [6.07, 6.45) is 6.06. The molecule has 7 heteroatoms. The summed E-state index contributed by atoms with van der Waals surface area (Å²) in [7, 11) is 0. The molecule has 1 aliphatic rings. The van der Waals surface area contributed by atoms with Gasteiger partial charge in [0, 0.05) is 24.5 Å². The first-order valence-electron chi connectivity index (χ1n) is 13.3. The number of aromatic nitrogens is 3. The van der Waals surface area contributed by atoms with Gasteiger partial charge >= 0.3 is 0 Å². The van der Waals surface area contributed by atoms with E-state index in [9.17, 15) is 9.59 Å². The summed E-state index contributed by atoms with van der Waals surface area (Å²) in [5.41, 5.74) is 5.72. The van der Waals surface area contributed by atoms with Crippen molar-refractivity contribution in [3.8, 4) is 22.5 Å². The molecule has 38 heavy (non-hydrogen) atoms. The second-order valence-electron chi connectivity index (χ2n) is 11.5. The molecule has 2 aromatic heterocycles. The van der Waals surface area contributed by atoms with Crippen LogP contribution in [0.1, 0.15) is 65.4 Å². The predicted octanol–water partition coefficient (Wildman–Crippen LogP) is 6.34. The number of fused-ring (bicyclic) bond motifs is 1. The third kappa shape index (κ3) is 5.19. The zero-order chi connectivity index (χ0) is 26.9. The number of anilines is 1. The highest BCUT2D eigenvalue weighted by Crippen LogP contribution is 2.42. The molecule has 5 rings (SSSR count). The van der Waals surface area contributed by atoms with Crippen molar-refractivity contribution in [3.63, 3.8) is 0 Å². The van der Waals surface area contributed by atoms with E-state index in [1.807, 2.05) is 30.3 Å². The molecule has 2 amide bonds. The van der Waals surface area contributed by atoms with Crippen molar-refractivity contribution in [2.45, 2.75) is 65.3 Å². The van der Waals surface area contributed by atoms with Crippen molar-refractivity contribution in [1.82, 2.24) is 19.9 Å². The van der Waals surface area contributed by atoms with Crippen LogP contribution in [0, 0.1) is 5.41 Å². The van der Waals surface area contributed by atoms with Gasteiger partial charge in [-0.2, -0.15) is 5.10 Å². The van der Waals surface area contributed by atoms with Gasteiger partial charge in [-0.05, 0) is 42.7 Å². The van der Waals surface area contributed by atoms with E-state index >= 15 is 0 Å². The minimum atomic E-state index is -0.297. The molecular formula is C31H35N5O2. The van der Waals surface area contributed by atoms with Crippen LogP contribution in [-0.4, -0.2) is 26.4 Å². The fraction of sp³-hybridized carbons (Fsp3) is 0.355. The topological polar surface area (TPSA) is 88.4 Å². The molecule has 1 saturated carbocycles. The van der Waals surface area contributed by atoms with Crippen LogP contribution in [0.2, 0.25) is 0 Å². The molecule has 0 unspecified atom stereocenters. The maximum Gasteiger partial charge on any atom is 0.221 e. The zero-order valence-corrected chi connectivity index (χ0v) is 22.5. The first kappa shape index (κ1) is 25.6. The average molecular weight is 510 g/mol. The smallest absolute Gasteiger partial charge is 0.221 e. The molecule has 0 aliphatic heterocycles. The molecule has 2 N–H and O–H groups in total. The van der Waals surface area contributed by atoms with E-state index in [4.69, 9.17) is 4.98 Å². The molecule has 196 valence electrons. The van der Waals surface area contributed by atoms with Crippen LogP contribution < -0.4 is 10.6 Å². The number of amides is 2. The predicted molar refractivity (Wildman–Crippen MR) is 151 cm³/mol. The second kappa shape index (κ2) is 10.0. The van der Waals surface area contributed by atoms with E-state index < -0.39 is 0 Å². The molecule has 2 aromatic carbocycles. The van der Waals surface area contributed by atoms with E-state index in [1.165, 1.54) is 6.92 Å². The quantitative estimate of drug-likeness (QED) is 0.304. The van der Waals surface area contributed by atoms with Gasteiger partial charge in [-0.1, -0.05) is 75.4 Å². The molecule has 1 aliphatic carbocycles. The SMILES string of the molecule is CC(=O)Nc1ccnn2c(-c3ccccc3)c(-c3ccc(C4(NC(=O)CCC(C)(C)C)CCC4)cc3)nc12. The number of imidazole rings is 1. The van der Waals surface area contributed by atoms with Crippen molar-refractivity contribution in [2.24, 2.45) is 5.41 Å². The molecule has 0 atom stereocenters. The van der Waals surface area contributed by atoms with Crippen LogP contribution in [0.5, 0.6) is 0 Å².